The molecule has 0 aromatic heterocycles. The Morgan fingerprint density at radius 2 is 2.06 bits per heavy atom. The van der Waals surface area contributed by atoms with Crippen molar-refractivity contribution in [2.45, 2.75) is 19.4 Å². The molecule has 1 rings (SSSR count). The van der Waals surface area contributed by atoms with Gasteiger partial charge in [0.25, 0.3) is 0 Å². The Morgan fingerprint density at radius 3 is 2.71 bits per heavy atom. The van der Waals surface area contributed by atoms with Gasteiger partial charge in [0, 0.05) is 13.0 Å². The van der Waals surface area contributed by atoms with Gasteiger partial charge in [-0.15, -0.1) is 12.3 Å². The van der Waals surface area contributed by atoms with Gasteiger partial charge in [0.1, 0.15) is 11.8 Å². The molecule has 0 unspecified atom stereocenters. The number of nitriles is 1. The molecular formula is C14H16N2O. The third kappa shape index (κ3) is 5.61. The first-order chi connectivity index (χ1) is 8.36. The quantitative estimate of drug-likeness (QED) is 0.574. The molecule has 3 heteroatoms. The van der Waals surface area contributed by atoms with E-state index in [4.69, 9.17) is 16.4 Å². The Balaban J connectivity index is 2.26. The average Bonchev–Trinajstić information content (AvgIpc) is 2.37. The smallest absolute Gasteiger partial charge is 0.174 e. The molecule has 0 radical (unpaired) electrons. The standard InChI is InChI=1S/C14H16N2O/c1-2-3-4-10-16-12-13-5-7-14(8-6-13)17-11-9-15/h1,5-8,16H,3-4,10-12H2. The molecule has 0 aliphatic heterocycles. The summed E-state index contributed by atoms with van der Waals surface area (Å²) in [6.45, 7) is 1.84. The molecule has 0 aliphatic carbocycles. The molecule has 3 nitrogen and oxygen atoms in total. The summed E-state index contributed by atoms with van der Waals surface area (Å²) in [4.78, 5) is 0. The maximum atomic E-state index is 8.37. The van der Waals surface area contributed by atoms with Crippen LogP contribution in [0.1, 0.15) is 18.4 Å². The minimum Gasteiger partial charge on any atom is -0.479 e. The molecule has 0 spiro atoms. The molecule has 0 atom stereocenters. The highest BCUT2D eigenvalue weighted by atomic mass is 16.5. The molecule has 88 valence electrons. The van der Waals surface area contributed by atoms with Crippen LogP contribution < -0.4 is 10.1 Å². The molecule has 1 aromatic carbocycles. The van der Waals surface area contributed by atoms with E-state index in [0.29, 0.717) is 0 Å². The fourth-order valence-corrected chi connectivity index (χ4v) is 1.37. The number of hydrogen-bond donors (Lipinski definition) is 1. The van der Waals surface area contributed by atoms with Crippen LogP contribution in [0.15, 0.2) is 24.3 Å². The number of hydrogen-bond acceptors (Lipinski definition) is 3. The van der Waals surface area contributed by atoms with E-state index >= 15 is 0 Å². The number of nitrogens with one attached hydrogen (secondary N) is 1. The number of nitrogens with zero attached hydrogens (tertiary/aromatic N) is 1. The van der Waals surface area contributed by atoms with Crippen molar-refractivity contribution >= 4 is 0 Å². The van der Waals surface area contributed by atoms with Crippen LogP contribution in [0.4, 0.5) is 0 Å². The Bertz CT molecular complexity index is 398. The van der Waals surface area contributed by atoms with Gasteiger partial charge in [-0.25, -0.2) is 0 Å². The van der Waals surface area contributed by atoms with Gasteiger partial charge in [-0.2, -0.15) is 5.26 Å². The Labute approximate surface area is 102 Å². The number of benzene rings is 1. The van der Waals surface area contributed by atoms with E-state index < -0.39 is 0 Å². The van der Waals surface area contributed by atoms with Crippen LogP contribution >= 0.6 is 0 Å². The van der Waals surface area contributed by atoms with E-state index in [1.807, 2.05) is 30.3 Å². The summed E-state index contributed by atoms with van der Waals surface area (Å²) in [6, 6.07) is 9.65. The average molecular weight is 228 g/mol. The first-order valence-electron chi connectivity index (χ1n) is 5.59. The van der Waals surface area contributed by atoms with Crippen molar-refractivity contribution in [3.63, 3.8) is 0 Å². The van der Waals surface area contributed by atoms with E-state index in [1.54, 1.807) is 0 Å². The lowest BCUT2D eigenvalue weighted by Crippen LogP contribution is -2.14. The molecule has 1 aromatic rings. The van der Waals surface area contributed by atoms with Gasteiger partial charge in [-0.05, 0) is 30.7 Å². The molecule has 0 saturated heterocycles. The molecule has 0 aliphatic rings. The Morgan fingerprint density at radius 1 is 1.29 bits per heavy atom. The van der Waals surface area contributed by atoms with Crippen molar-refractivity contribution in [2.24, 2.45) is 0 Å². The van der Waals surface area contributed by atoms with E-state index in [-0.39, 0.29) is 6.61 Å². The van der Waals surface area contributed by atoms with Crippen LogP contribution in [0.25, 0.3) is 0 Å². The molecule has 0 bridgehead atoms. The monoisotopic (exact) mass is 228 g/mol. The maximum Gasteiger partial charge on any atom is 0.174 e. The molecule has 0 heterocycles. The highest BCUT2D eigenvalue weighted by molar-refractivity contribution is 5.27. The molecule has 0 fully saturated rings. The second kappa shape index (κ2) is 8.21. The molecule has 0 saturated carbocycles. The summed E-state index contributed by atoms with van der Waals surface area (Å²) in [6.07, 6.45) is 6.98. The molecule has 0 amide bonds. The van der Waals surface area contributed by atoms with Crippen LogP contribution in [0.3, 0.4) is 0 Å². The molecule has 1 N–H and O–H groups in total. The summed E-state index contributed by atoms with van der Waals surface area (Å²) in [7, 11) is 0. The number of terminal acetylenes is 1. The van der Waals surface area contributed by atoms with E-state index in [0.717, 1.165) is 31.7 Å². The molecule has 17 heavy (non-hydrogen) atoms. The van der Waals surface area contributed by atoms with Crippen LogP contribution in [0.2, 0.25) is 0 Å². The second-order valence-electron chi connectivity index (χ2n) is 3.58. The third-order valence-corrected chi connectivity index (χ3v) is 2.23. The summed E-state index contributed by atoms with van der Waals surface area (Å²) in [5.74, 6) is 3.34. The van der Waals surface area contributed by atoms with Crippen molar-refractivity contribution in [3.8, 4) is 24.2 Å². The van der Waals surface area contributed by atoms with Gasteiger partial charge in [-0.3, -0.25) is 0 Å². The predicted molar refractivity (Wildman–Crippen MR) is 67.3 cm³/mol. The van der Waals surface area contributed by atoms with E-state index in [9.17, 15) is 0 Å². The Kier molecular flexibility index (Phi) is 6.33. The van der Waals surface area contributed by atoms with Crippen molar-refractivity contribution in [3.05, 3.63) is 29.8 Å². The number of unbranched alkanes of at least 4 members (excludes halogenated alkanes) is 1. The minimum atomic E-state index is 0.0870. The van der Waals surface area contributed by atoms with Gasteiger partial charge in [-0.1, -0.05) is 12.1 Å². The first kappa shape index (κ1) is 13.1. The lowest BCUT2D eigenvalue weighted by molar-refractivity contribution is 0.368. The van der Waals surface area contributed by atoms with Crippen LogP contribution in [0, 0.1) is 23.7 Å². The summed E-state index contributed by atoms with van der Waals surface area (Å²) in [5.41, 5.74) is 1.19. The van der Waals surface area contributed by atoms with Crippen molar-refractivity contribution < 1.29 is 4.74 Å². The van der Waals surface area contributed by atoms with Crippen molar-refractivity contribution in [1.29, 1.82) is 5.26 Å². The van der Waals surface area contributed by atoms with Gasteiger partial charge < -0.3 is 10.1 Å². The fraction of sp³-hybridized carbons (Fsp3) is 0.357. The van der Waals surface area contributed by atoms with Crippen LogP contribution in [0.5, 0.6) is 5.75 Å². The normalized spacial score (nSPS) is 9.29. The van der Waals surface area contributed by atoms with Crippen LogP contribution in [-0.4, -0.2) is 13.2 Å². The summed E-state index contributed by atoms with van der Waals surface area (Å²) in [5, 5.41) is 11.7. The fourth-order valence-electron chi connectivity index (χ4n) is 1.37. The van der Waals surface area contributed by atoms with Gasteiger partial charge in [0.2, 0.25) is 0 Å². The van der Waals surface area contributed by atoms with Gasteiger partial charge in [0.15, 0.2) is 6.61 Å². The highest BCUT2D eigenvalue weighted by Crippen LogP contribution is 2.11. The lowest BCUT2D eigenvalue weighted by Gasteiger charge is -2.05. The largest absolute Gasteiger partial charge is 0.479 e. The summed E-state index contributed by atoms with van der Waals surface area (Å²) < 4.78 is 5.16. The zero-order valence-electron chi connectivity index (χ0n) is 9.78. The lowest BCUT2D eigenvalue weighted by atomic mass is 10.2. The number of ether oxygens (including phenoxy) is 1. The summed E-state index contributed by atoms with van der Waals surface area (Å²) >= 11 is 0. The van der Waals surface area contributed by atoms with Crippen molar-refractivity contribution in [1.82, 2.24) is 5.32 Å². The maximum absolute atomic E-state index is 8.37. The van der Waals surface area contributed by atoms with Gasteiger partial charge in [0.05, 0.1) is 0 Å². The SMILES string of the molecule is C#CCCCNCc1ccc(OCC#N)cc1. The van der Waals surface area contributed by atoms with E-state index in [2.05, 4.69) is 11.2 Å². The minimum absolute atomic E-state index is 0.0870. The Hall–Kier alpha value is -1.97. The second-order valence-corrected chi connectivity index (χ2v) is 3.58. The van der Waals surface area contributed by atoms with E-state index in [1.165, 1.54) is 5.56 Å². The highest BCUT2D eigenvalue weighted by Gasteiger charge is 1.95. The molecular weight excluding hydrogens is 212 g/mol. The van der Waals surface area contributed by atoms with Crippen LogP contribution in [-0.2, 0) is 6.54 Å². The number of rotatable bonds is 7. The third-order valence-electron chi connectivity index (χ3n) is 2.23. The zero-order valence-corrected chi connectivity index (χ0v) is 9.78. The zero-order chi connectivity index (χ0) is 12.3. The first-order valence-corrected chi connectivity index (χ1v) is 5.59. The van der Waals surface area contributed by atoms with Crippen molar-refractivity contribution in [2.75, 3.05) is 13.2 Å². The topological polar surface area (TPSA) is 45.0 Å². The predicted octanol–water partition coefficient (Wildman–Crippen LogP) is 2.09. The van der Waals surface area contributed by atoms with Gasteiger partial charge >= 0.3 is 0 Å².